The van der Waals surface area contributed by atoms with Crippen LogP contribution in [0.3, 0.4) is 0 Å². The molecule has 3 aromatic rings. The molecule has 24 heavy (non-hydrogen) atoms. The fraction of sp³-hybridized carbons (Fsp3) is 0.333. The third-order valence-electron chi connectivity index (χ3n) is 3.57. The topological polar surface area (TPSA) is 68.5 Å². The van der Waals surface area contributed by atoms with Crippen molar-refractivity contribution in [1.82, 2.24) is 5.32 Å². The Hall–Kier alpha value is -2.18. The molecule has 1 aromatic carbocycles. The number of rotatable bonds is 6. The van der Waals surface area contributed by atoms with Gasteiger partial charge in [-0.15, -0.1) is 11.3 Å². The number of thiophene rings is 1. The van der Waals surface area contributed by atoms with Crippen LogP contribution in [0.2, 0.25) is 0 Å². The number of nitrogens with one attached hydrogen (secondary N) is 1. The summed E-state index contributed by atoms with van der Waals surface area (Å²) < 4.78 is 11.5. The van der Waals surface area contributed by atoms with Crippen LogP contribution in [-0.4, -0.2) is 25.2 Å². The van der Waals surface area contributed by atoms with E-state index in [2.05, 4.69) is 5.32 Å². The molecule has 1 amide bonds. The first-order valence-electron chi connectivity index (χ1n) is 7.91. The van der Waals surface area contributed by atoms with Crippen LogP contribution in [0.1, 0.15) is 29.9 Å². The Kier molecular flexibility index (Phi) is 4.97. The lowest BCUT2D eigenvalue weighted by atomic mass is 10.2. The third kappa shape index (κ3) is 3.49. The van der Waals surface area contributed by atoms with Crippen molar-refractivity contribution in [2.75, 3.05) is 13.2 Å². The van der Waals surface area contributed by atoms with Crippen molar-refractivity contribution in [2.45, 2.75) is 26.4 Å². The minimum absolute atomic E-state index is 0.177. The zero-order valence-corrected chi connectivity index (χ0v) is 14.4. The smallest absolute Gasteiger partial charge is 0.345 e. The van der Waals surface area contributed by atoms with Crippen LogP contribution in [0.15, 0.2) is 39.5 Å². The minimum atomic E-state index is -0.413. The van der Waals surface area contributed by atoms with E-state index in [4.69, 9.17) is 9.15 Å². The van der Waals surface area contributed by atoms with Crippen molar-refractivity contribution in [3.63, 3.8) is 0 Å². The molecule has 6 heteroatoms. The molecule has 0 spiro atoms. The Morgan fingerprint density at radius 2 is 2.08 bits per heavy atom. The average molecular weight is 345 g/mol. The van der Waals surface area contributed by atoms with E-state index >= 15 is 0 Å². The van der Waals surface area contributed by atoms with Gasteiger partial charge in [0.25, 0.3) is 5.91 Å². The highest BCUT2D eigenvalue weighted by atomic mass is 32.1. The summed E-state index contributed by atoms with van der Waals surface area (Å²) in [6.07, 6.45) is 0.940. The van der Waals surface area contributed by atoms with Gasteiger partial charge in [-0.3, -0.25) is 4.79 Å². The second-order valence-electron chi connectivity index (χ2n) is 5.77. The second-order valence-corrected chi connectivity index (χ2v) is 6.82. The van der Waals surface area contributed by atoms with Gasteiger partial charge in [-0.2, -0.15) is 0 Å². The lowest BCUT2D eigenvalue weighted by Gasteiger charge is -2.07. The average Bonchev–Trinajstić information content (AvgIpc) is 3.00. The summed E-state index contributed by atoms with van der Waals surface area (Å²) in [6, 6.07) is 8.96. The number of ether oxygens (including phenoxy) is 1. The van der Waals surface area contributed by atoms with Crippen molar-refractivity contribution in [2.24, 2.45) is 0 Å². The first kappa shape index (κ1) is 16.7. The predicted molar refractivity (Wildman–Crippen MR) is 95.9 cm³/mol. The van der Waals surface area contributed by atoms with Gasteiger partial charge in [0.15, 0.2) is 0 Å². The molecule has 0 saturated heterocycles. The van der Waals surface area contributed by atoms with E-state index in [9.17, 15) is 9.59 Å². The van der Waals surface area contributed by atoms with E-state index < -0.39 is 5.63 Å². The van der Waals surface area contributed by atoms with Gasteiger partial charge < -0.3 is 14.5 Å². The van der Waals surface area contributed by atoms with Crippen molar-refractivity contribution >= 4 is 38.3 Å². The van der Waals surface area contributed by atoms with E-state index in [-0.39, 0.29) is 12.0 Å². The summed E-state index contributed by atoms with van der Waals surface area (Å²) in [7, 11) is 0. The van der Waals surface area contributed by atoms with Crippen LogP contribution in [0.5, 0.6) is 0 Å². The molecule has 3 rings (SSSR count). The molecule has 126 valence electrons. The van der Waals surface area contributed by atoms with Crippen molar-refractivity contribution in [1.29, 1.82) is 0 Å². The molecular formula is C18H19NO4S. The molecule has 0 unspecified atom stereocenters. The Morgan fingerprint density at radius 1 is 1.29 bits per heavy atom. The number of carbonyl (C=O) groups is 1. The zero-order valence-electron chi connectivity index (χ0n) is 13.6. The van der Waals surface area contributed by atoms with Gasteiger partial charge in [-0.05, 0) is 38.5 Å². The maximum atomic E-state index is 12.3. The van der Waals surface area contributed by atoms with Crippen LogP contribution >= 0.6 is 11.3 Å². The molecule has 0 bridgehead atoms. The van der Waals surface area contributed by atoms with Crippen LogP contribution in [0.4, 0.5) is 0 Å². The molecule has 2 heterocycles. The summed E-state index contributed by atoms with van der Waals surface area (Å²) in [5, 5.41) is 4.16. The van der Waals surface area contributed by atoms with Crippen molar-refractivity contribution < 1.29 is 13.9 Å². The normalized spacial score (nSPS) is 11.5. The number of para-hydroxylation sites is 1. The molecule has 0 aliphatic heterocycles. The van der Waals surface area contributed by atoms with Gasteiger partial charge >= 0.3 is 5.63 Å². The lowest BCUT2D eigenvalue weighted by molar-refractivity contribution is 0.0757. The van der Waals surface area contributed by atoms with Gasteiger partial charge in [0.2, 0.25) is 0 Å². The number of amides is 1. The molecular weight excluding hydrogens is 326 g/mol. The standard InChI is InChI=1S/C18H19NO4S/c1-11(2)22-9-5-8-19-17(20)15-10-13-16(24-15)12-6-3-4-7-14(12)23-18(13)21/h3-4,6-7,10-11H,5,8-9H2,1-2H3,(H,19,20). The maximum Gasteiger partial charge on any atom is 0.345 e. The van der Waals surface area contributed by atoms with Gasteiger partial charge in [0.05, 0.1) is 21.1 Å². The summed E-state index contributed by atoms with van der Waals surface area (Å²) in [6.45, 7) is 5.10. The number of benzene rings is 1. The molecule has 5 nitrogen and oxygen atoms in total. The highest BCUT2D eigenvalue weighted by Gasteiger charge is 2.15. The first-order chi connectivity index (χ1) is 11.6. The van der Waals surface area contributed by atoms with Crippen molar-refractivity contribution in [3.8, 4) is 0 Å². The highest BCUT2D eigenvalue weighted by Crippen LogP contribution is 2.30. The Bertz CT molecular complexity index is 926. The quantitative estimate of drug-likeness (QED) is 0.548. The van der Waals surface area contributed by atoms with Crippen molar-refractivity contribution in [3.05, 3.63) is 45.6 Å². The third-order valence-corrected chi connectivity index (χ3v) is 4.74. The van der Waals surface area contributed by atoms with E-state index in [0.717, 1.165) is 16.5 Å². The number of hydrogen-bond acceptors (Lipinski definition) is 5. The van der Waals surface area contributed by atoms with Crippen LogP contribution < -0.4 is 10.9 Å². The van der Waals surface area contributed by atoms with E-state index in [0.29, 0.717) is 29.0 Å². The number of hydrogen-bond donors (Lipinski definition) is 1. The monoisotopic (exact) mass is 345 g/mol. The molecule has 0 saturated carbocycles. The van der Waals surface area contributed by atoms with Gasteiger partial charge in [-0.25, -0.2) is 4.79 Å². The largest absolute Gasteiger partial charge is 0.422 e. The van der Waals surface area contributed by atoms with Gasteiger partial charge in [0, 0.05) is 18.5 Å². The van der Waals surface area contributed by atoms with Gasteiger partial charge in [0.1, 0.15) is 5.58 Å². The Balaban J connectivity index is 1.78. The zero-order chi connectivity index (χ0) is 17.1. The maximum absolute atomic E-state index is 12.3. The number of fused-ring (bicyclic) bond motifs is 3. The minimum Gasteiger partial charge on any atom is -0.422 e. The van der Waals surface area contributed by atoms with Gasteiger partial charge in [-0.1, -0.05) is 12.1 Å². The molecule has 0 aliphatic carbocycles. The van der Waals surface area contributed by atoms with E-state index in [1.165, 1.54) is 11.3 Å². The number of carbonyl (C=O) groups excluding carboxylic acids is 1. The molecule has 0 fully saturated rings. The summed E-state index contributed by atoms with van der Waals surface area (Å²) in [5.74, 6) is -0.177. The first-order valence-corrected chi connectivity index (χ1v) is 8.73. The van der Waals surface area contributed by atoms with E-state index in [1.807, 2.05) is 32.0 Å². The van der Waals surface area contributed by atoms with Crippen LogP contribution in [0, 0.1) is 0 Å². The SMILES string of the molecule is CC(C)OCCCNC(=O)c1cc2c(=O)oc3ccccc3c2s1. The second kappa shape index (κ2) is 7.15. The highest BCUT2D eigenvalue weighted by molar-refractivity contribution is 7.21. The Labute approximate surface area is 143 Å². The fourth-order valence-electron chi connectivity index (χ4n) is 2.43. The molecule has 1 N–H and O–H groups in total. The molecule has 0 aliphatic rings. The molecule has 2 aromatic heterocycles. The van der Waals surface area contributed by atoms with Crippen LogP contribution in [0.25, 0.3) is 21.1 Å². The van der Waals surface area contributed by atoms with Crippen LogP contribution in [-0.2, 0) is 4.74 Å². The molecule has 0 radical (unpaired) electrons. The lowest BCUT2D eigenvalue weighted by Crippen LogP contribution is -2.24. The Morgan fingerprint density at radius 3 is 2.88 bits per heavy atom. The molecule has 0 atom stereocenters. The van der Waals surface area contributed by atoms with E-state index in [1.54, 1.807) is 12.1 Å². The fourth-order valence-corrected chi connectivity index (χ4v) is 3.53. The summed E-state index contributed by atoms with van der Waals surface area (Å²) in [5.41, 5.74) is 0.124. The summed E-state index contributed by atoms with van der Waals surface area (Å²) >= 11 is 1.31. The summed E-state index contributed by atoms with van der Waals surface area (Å²) in [4.78, 5) is 24.9. The predicted octanol–water partition coefficient (Wildman–Crippen LogP) is 3.55.